The van der Waals surface area contributed by atoms with Gasteiger partial charge in [-0.3, -0.25) is 9.78 Å². The number of carbonyl (C=O) groups excluding carboxylic acids is 1. The Hall–Kier alpha value is -2.67. The molecule has 2 aromatic heterocycles. The number of carbonyl (C=O) groups is 1. The van der Waals surface area contributed by atoms with Crippen molar-refractivity contribution in [2.24, 2.45) is 0 Å². The lowest BCUT2D eigenvalue weighted by Crippen LogP contribution is -2.23. The lowest BCUT2D eigenvalue weighted by Gasteiger charge is -2.13. The van der Waals surface area contributed by atoms with E-state index in [1.165, 1.54) is 11.8 Å². The SMILES string of the molecule is Cc1cc(N)nc(S[C@H](C)C(=O)Nc2cccc3ncccc23)n1. The van der Waals surface area contributed by atoms with Crippen LogP contribution >= 0.6 is 11.8 Å². The first kappa shape index (κ1) is 16.2. The fourth-order valence-corrected chi connectivity index (χ4v) is 3.11. The molecule has 3 rings (SSSR count). The van der Waals surface area contributed by atoms with E-state index in [1.807, 2.05) is 44.2 Å². The number of nitrogen functional groups attached to an aromatic ring is 1. The van der Waals surface area contributed by atoms with Gasteiger partial charge in [-0.25, -0.2) is 9.97 Å². The molecule has 1 aromatic carbocycles. The third-order valence-electron chi connectivity index (χ3n) is 3.41. The standard InChI is InChI=1S/C17H17N5OS/c1-10-9-15(18)22-17(20-10)24-11(2)16(23)21-14-7-3-6-13-12(14)5-4-8-19-13/h3-9,11H,1-2H3,(H,21,23)(H2,18,20,22)/t11-/m1/s1. The van der Waals surface area contributed by atoms with Gasteiger partial charge in [0, 0.05) is 23.3 Å². The summed E-state index contributed by atoms with van der Waals surface area (Å²) in [4.78, 5) is 25.2. The number of hydrogen-bond acceptors (Lipinski definition) is 6. The molecule has 0 bridgehead atoms. The molecular weight excluding hydrogens is 322 g/mol. The van der Waals surface area contributed by atoms with Crippen LogP contribution in [0.15, 0.2) is 47.8 Å². The first-order valence-electron chi connectivity index (χ1n) is 7.45. The quantitative estimate of drug-likeness (QED) is 0.560. The summed E-state index contributed by atoms with van der Waals surface area (Å²) in [6, 6.07) is 11.1. The Morgan fingerprint density at radius 1 is 1.25 bits per heavy atom. The Balaban J connectivity index is 1.76. The van der Waals surface area contributed by atoms with Gasteiger partial charge in [0.15, 0.2) is 5.16 Å². The zero-order valence-electron chi connectivity index (χ0n) is 13.4. The van der Waals surface area contributed by atoms with E-state index in [2.05, 4.69) is 20.3 Å². The second kappa shape index (κ2) is 6.84. The summed E-state index contributed by atoms with van der Waals surface area (Å²) >= 11 is 1.27. The molecule has 0 aliphatic heterocycles. The molecule has 0 spiro atoms. The average molecular weight is 339 g/mol. The first-order valence-corrected chi connectivity index (χ1v) is 8.33. The Morgan fingerprint density at radius 3 is 2.88 bits per heavy atom. The zero-order chi connectivity index (χ0) is 17.1. The molecule has 1 amide bonds. The molecule has 0 radical (unpaired) electrons. The maximum Gasteiger partial charge on any atom is 0.237 e. The summed E-state index contributed by atoms with van der Waals surface area (Å²) in [5.41, 5.74) is 8.08. The normalized spacial score (nSPS) is 12.1. The van der Waals surface area contributed by atoms with Crippen LogP contribution in [-0.4, -0.2) is 26.1 Å². The molecule has 0 saturated carbocycles. The molecule has 0 unspecified atom stereocenters. The minimum Gasteiger partial charge on any atom is -0.384 e. The number of fused-ring (bicyclic) bond motifs is 1. The van der Waals surface area contributed by atoms with Crippen molar-refractivity contribution in [3.8, 4) is 0 Å². The van der Waals surface area contributed by atoms with Gasteiger partial charge in [0.2, 0.25) is 5.91 Å². The molecule has 1 atom stereocenters. The van der Waals surface area contributed by atoms with Crippen molar-refractivity contribution in [2.75, 3.05) is 11.1 Å². The van der Waals surface area contributed by atoms with Crippen molar-refractivity contribution in [2.45, 2.75) is 24.3 Å². The van der Waals surface area contributed by atoms with Crippen molar-refractivity contribution >= 4 is 40.1 Å². The highest BCUT2D eigenvalue weighted by Crippen LogP contribution is 2.25. The third kappa shape index (κ3) is 3.62. The van der Waals surface area contributed by atoms with Gasteiger partial charge in [0.1, 0.15) is 5.82 Å². The lowest BCUT2D eigenvalue weighted by atomic mass is 10.2. The summed E-state index contributed by atoms with van der Waals surface area (Å²) in [5, 5.41) is 3.98. The fraction of sp³-hybridized carbons (Fsp3) is 0.176. The molecule has 0 saturated heterocycles. The number of thioether (sulfide) groups is 1. The van der Waals surface area contributed by atoms with Crippen LogP contribution in [-0.2, 0) is 4.79 Å². The van der Waals surface area contributed by atoms with E-state index < -0.39 is 0 Å². The molecule has 3 aromatic rings. The van der Waals surface area contributed by atoms with Crippen LogP contribution in [0, 0.1) is 6.92 Å². The van der Waals surface area contributed by atoms with Gasteiger partial charge in [-0.1, -0.05) is 17.8 Å². The highest BCUT2D eigenvalue weighted by molar-refractivity contribution is 8.00. The van der Waals surface area contributed by atoms with Gasteiger partial charge in [-0.2, -0.15) is 0 Å². The first-order chi connectivity index (χ1) is 11.5. The Morgan fingerprint density at radius 2 is 2.08 bits per heavy atom. The summed E-state index contributed by atoms with van der Waals surface area (Å²) in [6.45, 7) is 3.65. The van der Waals surface area contributed by atoms with E-state index in [0.717, 1.165) is 22.3 Å². The van der Waals surface area contributed by atoms with Gasteiger partial charge < -0.3 is 11.1 Å². The van der Waals surface area contributed by atoms with Crippen LogP contribution in [0.25, 0.3) is 10.9 Å². The summed E-state index contributed by atoms with van der Waals surface area (Å²) in [7, 11) is 0. The Kier molecular flexibility index (Phi) is 4.61. The molecule has 7 heteroatoms. The molecule has 122 valence electrons. The molecule has 0 aliphatic rings. The number of hydrogen-bond donors (Lipinski definition) is 2. The summed E-state index contributed by atoms with van der Waals surface area (Å²) in [5.74, 6) is 0.276. The number of nitrogens with two attached hydrogens (primary N) is 1. The highest BCUT2D eigenvalue weighted by Gasteiger charge is 2.17. The van der Waals surface area contributed by atoms with Gasteiger partial charge >= 0.3 is 0 Å². The number of aromatic nitrogens is 3. The van der Waals surface area contributed by atoms with Crippen molar-refractivity contribution in [1.82, 2.24) is 15.0 Å². The molecule has 3 N–H and O–H groups in total. The van der Waals surface area contributed by atoms with Crippen molar-refractivity contribution in [3.05, 3.63) is 48.3 Å². The number of benzene rings is 1. The smallest absolute Gasteiger partial charge is 0.237 e. The van der Waals surface area contributed by atoms with E-state index in [4.69, 9.17) is 5.73 Å². The molecule has 0 fully saturated rings. The molecule has 6 nitrogen and oxygen atoms in total. The molecule has 0 aliphatic carbocycles. The zero-order valence-corrected chi connectivity index (χ0v) is 14.2. The van der Waals surface area contributed by atoms with Crippen LogP contribution in [0.1, 0.15) is 12.6 Å². The molecule has 24 heavy (non-hydrogen) atoms. The predicted octanol–water partition coefficient (Wildman–Crippen LogP) is 3.03. The second-order valence-electron chi connectivity index (χ2n) is 5.34. The number of aryl methyl sites for hydroxylation is 1. The number of nitrogens with zero attached hydrogens (tertiary/aromatic N) is 3. The van der Waals surface area contributed by atoms with E-state index in [-0.39, 0.29) is 11.2 Å². The monoisotopic (exact) mass is 339 g/mol. The van der Waals surface area contributed by atoms with Gasteiger partial charge in [-0.15, -0.1) is 0 Å². The van der Waals surface area contributed by atoms with Gasteiger partial charge in [-0.05, 0) is 38.1 Å². The van der Waals surface area contributed by atoms with E-state index in [0.29, 0.717) is 11.0 Å². The number of amides is 1. The maximum atomic E-state index is 12.5. The second-order valence-corrected chi connectivity index (χ2v) is 6.65. The average Bonchev–Trinajstić information content (AvgIpc) is 2.54. The Bertz CT molecular complexity index is 874. The van der Waals surface area contributed by atoms with Crippen LogP contribution in [0.3, 0.4) is 0 Å². The van der Waals surface area contributed by atoms with E-state index in [9.17, 15) is 4.79 Å². The summed E-state index contributed by atoms with van der Waals surface area (Å²) < 4.78 is 0. The van der Waals surface area contributed by atoms with Crippen LogP contribution in [0.5, 0.6) is 0 Å². The largest absolute Gasteiger partial charge is 0.384 e. The van der Waals surface area contributed by atoms with Gasteiger partial charge in [0.05, 0.1) is 16.5 Å². The fourth-order valence-electron chi connectivity index (χ4n) is 2.28. The van der Waals surface area contributed by atoms with Crippen molar-refractivity contribution < 1.29 is 4.79 Å². The van der Waals surface area contributed by atoms with E-state index >= 15 is 0 Å². The third-order valence-corrected chi connectivity index (χ3v) is 4.37. The van der Waals surface area contributed by atoms with Crippen LogP contribution < -0.4 is 11.1 Å². The topological polar surface area (TPSA) is 93.8 Å². The van der Waals surface area contributed by atoms with Gasteiger partial charge in [0.25, 0.3) is 0 Å². The van der Waals surface area contributed by atoms with Crippen molar-refractivity contribution in [1.29, 1.82) is 0 Å². The lowest BCUT2D eigenvalue weighted by molar-refractivity contribution is -0.115. The number of anilines is 2. The van der Waals surface area contributed by atoms with Crippen LogP contribution in [0.2, 0.25) is 0 Å². The van der Waals surface area contributed by atoms with Crippen LogP contribution in [0.4, 0.5) is 11.5 Å². The maximum absolute atomic E-state index is 12.5. The van der Waals surface area contributed by atoms with E-state index in [1.54, 1.807) is 12.3 Å². The number of nitrogens with one attached hydrogen (secondary N) is 1. The summed E-state index contributed by atoms with van der Waals surface area (Å²) in [6.07, 6.45) is 1.73. The minimum atomic E-state index is -0.363. The minimum absolute atomic E-state index is 0.125. The predicted molar refractivity (Wildman–Crippen MR) is 96.9 cm³/mol. The highest BCUT2D eigenvalue weighted by atomic mass is 32.2. The number of pyridine rings is 1. The van der Waals surface area contributed by atoms with Crippen molar-refractivity contribution in [3.63, 3.8) is 0 Å². The molecular formula is C17H17N5OS. The molecule has 2 heterocycles. The Labute approximate surface area is 143 Å². The number of rotatable bonds is 4.